The molecule has 2 aromatic carbocycles. The van der Waals surface area contributed by atoms with Crippen molar-refractivity contribution >= 4 is 93.4 Å². The van der Waals surface area contributed by atoms with E-state index in [1.807, 2.05) is 48.5 Å². The molecule has 0 aliphatic rings. The van der Waals surface area contributed by atoms with Crippen LogP contribution in [-0.2, 0) is 14.3 Å². The molecular formula is C52H93N9O10S5. The minimum Gasteiger partial charge on any atom is -0.444 e. The van der Waals surface area contributed by atoms with Gasteiger partial charge in [0, 0.05) is 24.2 Å². The summed E-state index contributed by atoms with van der Waals surface area (Å²) in [7, 11) is 0. The van der Waals surface area contributed by atoms with Crippen LogP contribution in [0.1, 0.15) is 152 Å². The lowest BCUT2D eigenvalue weighted by atomic mass is 10.1. The number of thioether (sulfide) groups is 2. The van der Waals surface area contributed by atoms with E-state index in [-0.39, 0.29) is 22.0 Å². The van der Waals surface area contributed by atoms with Gasteiger partial charge in [-0.15, -0.1) is 0 Å². The van der Waals surface area contributed by atoms with Crippen molar-refractivity contribution in [3.8, 4) is 11.5 Å². The Morgan fingerprint density at radius 2 is 1.11 bits per heavy atom. The van der Waals surface area contributed by atoms with Gasteiger partial charge in [0.05, 0.1) is 0 Å². The zero-order valence-electron chi connectivity index (χ0n) is 46.4. The molecule has 2 rings (SSSR count). The van der Waals surface area contributed by atoms with Gasteiger partial charge in [0.15, 0.2) is 5.96 Å². The number of thiocarbonyl (C=S) groups is 2. The number of hydrogen-bond acceptors (Lipinski definition) is 20. The molecular weight excluding hydrogens is 1070 g/mol. The molecule has 4 atom stereocenters. The lowest BCUT2D eigenvalue weighted by molar-refractivity contribution is -0.117. The summed E-state index contributed by atoms with van der Waals surface area (Å²) in [4.78, 5) is 38.9. The van der Waals surface area contributed by atoms with Crippen LogP contribution in [0, 0.1) is 0 Å². The number of nitrogens with zero attached hydrogens (tertiary/aromatic N) is 1. The Balaban J connectivity index is 0. The van der Waals surface area contributed by atoms with E-state index in [4.69, 9.17) is 72.1 Å². The SMILES string of the molecule is CCCCCC(N=C(N)NC(C)=O)NC(=O)OC(C)(C)C.CCCCCC(O)(CSC(=S)Oc1ccccc1)NC(=O)OC(C)(C)C.NCCCCC(N)(O)CS.NCCCCC(N)(O)CSC(=S)Oc1ccccc1. The summed E-state index contributed by atoms with van der Waals surface area (Å²) in [5.41, 5.74) is 22.5. The number of nitrogens with one attached hydrogen (secondary N) is 3. The standard InChI is InChI=1S/C19H29NO4S2.C14H28N4O3.C13H20N2O2S2.C6H16N2OS/c1-5-6-10-13-19(22,20-16(21)24-18(2,3)4)14-26-17(25)23-15-11-8-7-9-12-15;1-6-7-8-9-11(17-12(15)16-10(2)19)18-13(20)21-14(3,4)5;14-9-5-4-8-13(15,16)10-19-12(18)17-11-6-2-1-3-7-11;7-4-2-1-3-6(8,9)5-10/h7-9,11-12,22H,5-6,10,13-14H2,1-4H3,(H,20,21);11H,6-9H2,1-5H3,(H,18,20)(H3,15,16,17,19);1-3,6-7,16H,4-5,8-10,14-15H2;9-10H,1-5,7-8H2. The molecule has 76 heavy (non-hydrogen) atoms. The number of guanidine groups is 1. The first kappa shape index (κ1) is 74.5. The lowest BCUT2D eigenvalue weighted by Crippen LogP contribution is -2.52. The first-order chi connectivity index (χ1) is 35.4. The molecule has 0 radical (unpaired) electrons. The van der Waals surface area contributed by atoms with Crippen molar-refractivity contribution in [2.45, 2.75) is 187 Å². The van der Waals surface area contributed by atoms with E-state index in [1.165, 1.54) is 30.4 Å². The molecule has 0 fully saturated rings. The second-order valence-electron chi connectivity index (χ2n) is 19.7. The van der Waals surface area contributed by atoms with Gasteiger partial charge in [0.2, 0.25) is 14.7 Å². The maximum absolute atomic E-state index is 12.1. The number of alkyl carbamates (subject to hydrolysis) is 2. The molecule has 3 amide bonds. The molecule has 16 N–H and O–H groups in total. The molecule has 0 heterocycles. The van der Waals surface area contributed by atoms with Crippen molar-refractivity contribution in [3.05, 3.63) is 60.7 Å². The van der Waals surface area contributed by atoms with Gasteiger partial charge in [-0.1, -0.05) is 99.5 Å². The highest BCUT2D eigenvalue weighted by molar-refractivity contribution is 8.23. The van der Waals surface area contributed by atoms with Crippen LogP contribution >= 0.6 is 60.6 Å². The van der Waals surface area contributed by atoms with Crippen LogP contribution in [0.5, 0.6) is 11.5 Å². The molecule has 2 aromatic rings. The highest BCUT2D eigenvalue weighted by Crippen LogP contribution is 2.23. The summed E-state index contributed by atoms with van der Waals surface area (Å²) in [6.45, 7) is 17.5. The number of nitrogens with two attached hydrogens (primary N) is 5. The van der Waals surface area contributed by atoms with Crippen molar-refractivity contribution in [2.75, 3.05) is 30.3 Å². The minimum atomic E-state index is -1.41. The van der Waals surface area contributed by atoms with Crippen LogP contribution < -0.4 is 54.1 Å². The summed E-state index contributed by atoms with van der Waals surface area (Å²) < 4.78 is 22.1. The molecule has 0 spiro atoms. The van der Waals surface area contributed by atoms with Crippen LogP contribution in [0.15, 0.2) is 65.7 Å². The fourth-order valence-electron chi connectivity index (χ4n) is 5.81. The zero-order chi connectivity index (χ0) is 58.3. The van der Waals surface area contributed by atoms with Crippen molar-refractivity contribution in [3.63, 3.8) is 0 Å². The van der Waals surface area contributed by atoms with Gasteiger partial charge in [-0.25, -0.2) is 14.6 Å². The second-order valence-corrected chi connectivity index (χ2v) is 23.2. The Kier molecular flexibility index (Phi) is 40.7. The predicted molar refractivity (Wildman–Crippen MR) is 323 cm³/mol. The maximum Gasteiger partial charge on any atom is 0.409 e. The molecule has 0 aromatic heterocycles. The molecule has 19 nitrogen and oxygen atoms in total. The topological polar surface area (TPSA) is 327 Å². The van der Waals surface area contributed by atoms with Crippen molar-refractivity contribution in [2.24, 2.45) is 33.7 Å². The normalized spacial score (nSPS) is 14.0. The first-order valence-electron chi connectivity index (χ1n) is 25.6. The smallest absolute Gasteiger partial charge is 0.409 e. The number of aliphatic imine (C=N–C) groups is 1. The zero-order valence-corrected chi connectivity index (χ0v) is 50.6. The van der Waals surface area contributed by atoms with Crippen LogP contribution in [0.4, 0.5) is 9.59 Å². The summed E-state index contributed by atoms with van der Waals surface area (Å²) in [5, 5.41) is 37.7. The Morgan fingerprint density at radius 3 is 1.54 bits per heavy atom. The third kappa shape index (κ3) is 46.6. The van der Waals surface area contributed by atoms with Crippen molar-refractivity contribution in [1.82, 2.24) is 16.0 Å². The van der Waals surface area contributed by atoms with Gasteiger partial charge < -0.3 is 62.9 Å². The number of rotatable bonds is 26. The Hall–Kier alpha value is -3.53. The highest BCUT2D eigenvalue weighted by Gasteiger charge is 2.32. The van der Waals surface area contributed by atoms with E-state index < -0.39 is 46.7 Å². The number of carbonyl (C=O) groups excluding carboxylic acids is 3. The van der Waals surface area contributed by atoms with Gasteiger partial charge in [-0.05, 0) is 168 Å². The fourth-order valence-corrected chi connectivity index (χ4v) is 7.91. The fraction of sp³-hybridized carbons (Fsp3) is 0.654. The van der Waals surface area contributed by atoms with E-state index in [2.05, 4.69) is 47.4 Å². The monoisotopic (exact) mass is 1160 g/mol. The Labute approximate surface area is 478 Å². The molecule has 4 unspecified atom stereocenters. The lowest BCUT2D eigenvalue weighted by Gasteiger charge is -2.30. The molecule has 0 bridgehead atoms. The summed E-state index contributed by atoms with van der Waals surface area (Å²) in [5.74, 6) is 1.80. The summed E-state index contributed by atoms with van der Waals surface area (Å²) >= 11 is 16.6. The molecule has 0 saturated heterocycles. The summed E-state index contributed by atoms with van der Waals surface area (Å²) in [6.07, 6.45) is 9.61. The van der Waals surface area contributed by atoms with Gasteiger partial charge in [0.1, 0.15) is 46.0 Å². The number of ether oxygens (including phenoxy) is 4. The third-order valence-corrected chi connectivity index (χ3v) is 12.8. The molecule has 0 aliphatic carbocycles. The van der Waals surface area contributed by atoms with Gasteiger partial charge >= 0.3 is 12.2 Å². The highest BCUT2D eigenvalue weighted by atomic mass is 32.2. The van der Waals surface area contributed by atoms with Gasteiger partial charge in [-0.2, -0.15) is 12.6 Å². The van der Waals surface area contributed by atoms with Crippen LogP contribution in [-0.4, -0.2) is 113 Å². The number of carbonyl (C=O) groups is 3. The number of unbranched alkanes of at least 4 members (excludes halogenated alkanes) is 6. The van der Waals surface area contributed by atoms with E-state index in [0.717, 1.165) is 64.2 Å². The van der Waals surface area contributed by atoms with Crippen LogP contribution in [0.3, 0.4) is 0 Å². The Morgan fingerprint density at radius 1 is 0.671 bits per heavy atom. The largest absolute Gasteiger partial charge is 0.444 e. The average molecular weight is 1160 g/mol. The number of hydrogen-bond donors (Lipinski definition) is 12. The third-order valence-electron chi connectivity index (χ3n) is 9.45. The Bertz CT molecular complexity index is 1930. The number of para-hydroxylation sites is 2. The number of amides is 3. The van der Waals surface area contributed by atoms with Crippen LogP contribution in [0.25, 0.3) is 0 Å². The average Bonchev–Trinajstić information content (AvgIpc) is 3.30. The van der Waals surface area contributed by atoms with E-state index in [0.29, 0.717) is 66.2 Å². The molecule has 0 saturated carbocycles. The number of aliphatic hydroxyl groups is 3. The van der Waals surface area contributed by atoms with Crippen molar-refractivity contribution < 1.29 is 48.7 Å². The summed E-state index contributed by atoms with van der Waals surface area (Å²) in [6, 6.07) is 18.5. The van der Waals surface area contributed by atoms with Crippen LogP contribution in [0.2, 0.25) is 0 Å². The minimum absolute atomic E-state index is 0.0138. The van der Waals surface area contributed by atoms with E-state index >= 15 is 0 Å². The quantitative estimate of drug-likeness (QED) is 0.0105. The van der Waals surface area contributed by atoms with Crippen molar-refractivity contribution in [1.29, 1.82) is 0 Å². The number of thiol groups is 1. The maximum atomic E-state index is 12.1. The molecule has 436 valence electrons. The predicted octanol–water partition coefficient (Wildman–Crippen LogP) is 8.30. The van der Waals surface area contributed by atoms with Gasteiger partial charge in [-0.3, -0.25) is 20.7 Å². The first-order valence-corrected chi connectivity index (χ1v) is 29.0. The van der Waals surface area contributed by atoms with E-state index in [1.54, 1.807) is 53.7 Å². The molecule has 0 aliphatic heterocycles. The van der Waals surface area contributed by atoms with Gasteiger partial charge in [0.25, 0.3) is 0 Å². The van der Waals surface area contributed by atoms with E-state index in [9.17, 15) is 29.7 Å². The molecule has 24 heteroatoms. The second kappa shape index (κ2) is 41.5. The number of benzene rings is 2.